The number of fused-ring (bicyclic) bond motifs is 2. The highest BCUT2D eigenvalue weighted by atomic mass is 16.2. The van der Waals surface area contributed by atoms with Gasteiger partial charge >= 0.3 is 0 Å². The summed E-state index contributed by atoms with van der Waals surface area (Å²) in [5.41, 5.74) is 2.03. The molecular weight excluding hydrogens is 374 g/mol. The topological polar surface area (TPSA) is 52.7 Å². The number of carbonyl (C=O) groups is 2. The summed E-state index contributed by atoms with van der Waals surface area (Å²) in [4.78, 5) is 30.0. The van der Waals surface area contributed by atoms with Crippen LogP contribution >= 0.6 is 0 Å². The van der Waals surface area contributed by atoms with Crippen LogP contribution in [0.4, 0.5) is 5.69 Å². The molecule has 1 aliphatic carbocycles. The predicted molar refractivity (Wildman–Crippen MR) is 121 cm³/mol. The molecule has 3 fully saturated rings. The molecule has 5 heteroatoms. The van der Waals surface area contributed by atoms with Crippen molar-refractivity contribution in [3.05, 3.63) is 29.8 Å². The molecule has 0 spiro atoms. The van der Waals surface area contributed by atoms with Gasteiger partial charge in [-0.2, -0.15) is 0 Å². The third-order valence-corrected chi connectivity index (χ3v) is 7.20. The average molecular weight is 412 g/mol. The molecule has 2 unspecified atom stereocenters. The monoisotopic (exact) mass is 411 g/mol. The van der Waals surface area contributed by atoms with Gasteiger partial charge in [0.2, 0.25) is 5.91 Å². The molecule has 4 rings (SSSR count). The third-order valence-electron chi connectivity index (χ3n) is 7.20. The summed E-state index contributed by atoms with van der Waals surface area (Å²) in [7, 11) is 0. The lowest BCUT2D eigenvalue weighted by molar-refractivity contribution is -0.116. The zero-order valence-corrected chi connectivity index (χ0v) is 18.9. The molecule has 2 amide bonds. The molecule has 0 radical (unpaired) electrons. The summed E-state index contributed by atoms with van der Waals surface area (Å²) in [6.07, 6.45) is 7.69. The molecule has 30 heavy (non-hydrogen) atoms. The minimum atomic E-state index is 0.0446. The van der Waals surface area contributed by atoms with Crippen LogP contribution in [0.2, 0.25) is 0 Å². The van der Waals surface area contributed by atoms with E-state index in [4.69, 9.17) is 0 Å². The van der Waals surface area contributed by atoms with E-state index in [-0.39, 0.29) is 17.2 Å². The predicted octanol–water partition coefficient (Wildman–Crippen LogP) is 4.54. The molecule has 5 nitrogen and oxygen atoms in total. The summed E-state index contributed by atoms with van der Waals surface area (Å²) in [6.45, 7) is 10.9. The number of hydrogen-bond donors (Lipinski definition) is 1. The number of hydrogen-bond acceptors (Lipinski definition) is 3. The standard InChI is InChI=1S/C25H37N3O2/c1-24(2)15-21-16-25(3,17-24)18-28(21)23(30)19-7-9-20(10-8-19)26-22(29)11-14-27-12-5-4-6-13-27/h7-10,21H,4-6,11-18H2,1-3H3,(H,26,29). The highest BCUT2D eigenvalue weighted by molar-refractivity contribution is 5.96. The Balaban J connectivity index is 1.32. The van der Waals surface area contributed by atoms with E-state index in [9.17, 15) is 9.59 Å². The summed E-state index contributed by atoms with van der Waals surface area (Å²) >= 11 is 0. The van der Waals surface area contributed by atoms with Gasteiger partial charge < -0.3 is 15.1 Å². The molecule has 1 saturated carbocycles. The normalized spacial score (nSPS) is 28.4. The van der Waals surface area contributed by atoms with Crippen molar-refractivity contribution in [2.75, 3.05) is 31.5 Å². The second kappa shape index (κ2) is 8.33. The first kappa shape index (κ1) is 21.4. The van der Waals surface area contributed by atoms with E-state index >= 15 is 0 Å². The van der Waals surface area contributed by atoms with Gasteiger partial charge in [-0.25, -0.2) is 0 Å². The van der Waals surface area contributed by atoms with Gasteiger partial charge in [0.15, 0.2) is 0 Å². The second-order valence-corrected chi connectivity index (χ2v) is 10.9. The fraction of sp³-hybridized carbons (Fsp3) is 0.680. The number of nitrogens with one attached hydrogen (secondary N) is 1. The summed E-state index contributed by atoms with van der Waals surface area (Å²) in [6, 6.07) is 7.79. The molecule has 3 aliphatic rings. The van der Waals surface area contributed by atoms with Gasteiger partial charge in [-0.1, -0.05) is 27.2 Å². The zero-order chi connectivity index (χ0) is 21.4. The lowest BCUT2D eigenvalue weighted by atomic mass is 9.65. The number of carbonyl (C=O) groups excluding carboxylic acids is 2. The second-order valence-electron chi connectivity index (χ2n) is 10.9. The Morgan fingerprint density at radius 3 is 2.43 bits per heavy atom. The SMILES string of the molecule is CC1(C)CC2CC(C)(CN2C(=O)c2ccc(NC(=O)CCN3CCCCC3)cc2)C1. The Morgan fingerprint density at radius 1 is 1.03 bits per heavy atom. The zero-order valence-electron chi connectivity index (χ0n) is 18.9. The minimum absolute atomic E-state index is 0.0446. The van der Waals surface area contributed by atoms with Crippen molar-refractivity contribution < 1.29 is 9.59 Å². The van der Waals surface area contributed by atoms with Gasteiger partial charge in [-0.15, -0.1) is 0 Å². The van der Waals surface area contributed by atoms with Crippen molar-refractivity contribution in [1.82, 2.24) is 9.80 Å². The molecular formula is C25H37N3O2. The Labute approximate surface area is 181 Å². The lowest BCUT2D eigenvalue weighted by Gasteiger charge is -2.39. The molecule has 1 N–H and O–H groups in total. The molecule has 2 heterocycles. The van der Waals surface area contributed by atoms with Gasteiger partial charge in [0.05, 0.1) is 0 Å². The average Bonchev–Trinajstić information content (AvgIpc) is 2.96. The van der Waals surface area contributed by atoms with Crippen LogP contribution in [0.3, 0.4) is 0 Å². The first-order valence-corrected chi connectivity index (χ1v) is 11.7. The van der Waals surface area contributed by atoms with Gasteiger partial charge in [-0.3, -0.25) is 9.59 Å². The number of nitrogens with zero attached hydrogens (tertiary/aromatic N) is 2. The molecule has 0 aromatic heterocycles. The molecule has 1 aromatic carbocycles. The number of likely N-dealkylation sites (tertiary alicyclic amines) is 2. The van der Waals surface area contributed by atoms with Crippen molar-refractivity contribution in [3.63, 3.8) is 0 Å². The maximum absolute atomic E-state index is 13.2. The Hall–Kier alpha value is -1.88. The number of piperidine rings is 1. The van der Waals surface area contributed by atoms with Gasteiger partial charge in [0, 0.05) is 36.8 Å². The number of benzene rings is 1. The van der Waals surface area contributed by atoms with E-state index in [2.05, 4.69) is 35.9 Å². The van der Waals surface area contributed by atoms with Crippen molar-refractivity contribution in [2.24, 2.45) is 10.8 Å². The lowest BCUT2D eigenvalue weighted by Crippen LogP contribution is -2.37. The van der Waals surface area contributed by atoms with Crippen LogP contribution in [-0.2, 0) is 4.79 Å². The van der Waals surface area contributed by atoms with Crippen LogP contribution in [0.15, 0.2) is 24.3 Å². The Bertz CT molecular complexity index is 782. The van der Waals surface area contributed by atoms with Gasteiger partial charge in [-0.05, 0) is 80.3 Å². The Kier molecular flexibility index (Phi) is 5.93. The van der Waals surface area contributed by atoms with Crippen LogP contribution in [-0.4, -0.2) is 53.8 Å². The van der Waals surface area contributed by atoms with Crippen LogP contribution in [0.5, 0.6) is 0 Å². The molecule has 2 bridgehead atoms. The molecule has 164 valence electrons. The van der Waals surface area contributed by atoms with Crippen LogP contribution in [0, 0.1) is 10.8 Å². The molecule has 1 aromatic rings. The Morgan fingerprint density at radius 2 is 1.73 bits per heavy atom. The van der Waals surface area contributed by atoms with E-state index in [1.807, 2.05) is 24.3 Å². The highest BCUT2D eigenvalue weighted by Crippen LogP contribution is 2.52. The molecule has 2 atom stereocenters. The van der Waals surface area contributed by atoms with Crippen molar-refractivity contribution in [3.8, 4) is 0 Å². The smallest absolute Gasteiger partial charge is 0.254 e. The first-order chi connectivity index (χ1) is 14.2. The quantitative estimate of drug-likeness (QED) is 0.774. The van der Waals surface area contributed by atoms with Crippen LogP contribution in [0.1, 0.15) is 76.1 Å². The maximum atomic E-state index is 13.2. The summed E-state index contributed by atoms with van der Waals surface area (Å²) in [5, 5.41) is 2.98. The van der Waals surface area contributed by atoms with E-state index in [1.165, 1.54) is 25.7 Å². The van der Waals surface area contributed by atoms with Gasteiger partial charge in [0.1, 0.15) is 0 Å². The highest BCUT2D eigenvalue weighted by Gasteiger charge is 2.50. The van der Waals surface area contributed by atoms with E-state index in [0.29, 0.717) is 17.9 Å². The van der Waals surface area contributed by atoms with E-state index < -0.39 is 0 Å². The summed E-state index contributed by atoms with van der Waals surface area (Å²) < 4.78 is 0. The summed E-state index contributed by atoms with van der Waals surface area (Å²) in [5.74, 6) is 0.174. The molecule has 2 aliphatic heterocycles. The van der Waals surface area contributed by atoms with Crippen molar-refractivity contribution in [1.29, 1.82) is 0 Å². The largest absolute Gasteiger partial charge is 0.335 e. The third kappa shape index (κ3) is 4.88. The molecule has 2 saturated heterocycles. The number of rotatable bonds is 5. The number of anilines is 1. The fourth-order valence-electron chi connectivity index (χ4n) is 6.23. The maximum Gasteiger partial charge on any atom is 0.254 e. The first-order valence-electron chi connectivity index (χ1n) is 11.7. The number of amides is 2. The van der Waals surface area contributed by atoms with Crippen LogP contribution < -0.4 is 5.32 Å². The minimum Gasteiger partial charge on any atom is -0.335 e. The van der Waals surface area contributed by atoms with Crippen molar-refractivity contribution in [2.45, 2.75) is 71.8 Å². The van der Waals surface area contributed by atoms with Crippen LogP contribution in [0.25, 0.3) is 0 Å². The van der Waals surface area contributed by atoms with Gasteiger partial charge in [0.25, 0.3) is 5.91 Å². The fourth-order valence-corrected chi connectivity index (χ4v) is 6.23. The van der Waals surface area contributed by atoms with E-state index in [1.54, 1.807) is 0 Å². The van der Waals surface area contributed by atoms with E-state index in [0.717, 1.165) is 50.3 Å². The van der Waals surface area contributed by atoms with Crippen molar-refractivity contribution >= 4 is 17.5 Å².